The van der Waals surface area contributed by atoms with E-state index >= 15 is 0 Å². The summed E-state index contributed by atoms with van der Waals surface area (Å²) in [5, 5.41) is 0. The number of allylic oxidation sites excluding steroid dienone is 6. The van der Waals surface area contributed by atoms with Gasteiger partial charge in [0, 0.05) is 0 Å². The van der Waals surface area contributed by atoms with E-state index in [1.54, 1.807) is 5.57 Å². The molecule has 0 heterocycles. The third-order valence-corrected chi connectivity index (χ3v) is 4.25. The van der Waals surface area contributed by atoms with Gasteiger partial charge in [-0.1, -0.05) is 0 Å². The summed E-state index contributed by atoms with van der Waals surface area (Å²) in [6.07, 6.45) is 20.2. The first kappa shape index (κ1) is 13.2. The third kappa shape index (κ3) is 4.15. The molecule has 0 saturated carbocycles. The van der Waals surface area contributed by atoms with Crippen LogP contribution in [0.1, 0.15) is 64.2 Å². The zero-order chi connectivity index (χ0) is 11.9. The summed E-state index contributed by atoms with van der Waals surface area (Å²) in [7, 11) is 0. The standard InChI is InChI=1S/C16H23.Co/c1-3-7-11-15(12-8-4-1)16-13-9-5-2-6-10-14-16;/h7,11,13H,1-6,8-10,14H2;. The summed E-state index contributed by atoms with van der Waals surface area (Å²) >= 11 is 4.79. The van der Waals surface area contributed by atoms with E-state index in [1.807, 2.05) is 0 Å². The zero-order valence-corrected chi connectivity index (χ0v) is 11.7. The Morgan fingerprint density at radius 3 is 2.53 bits per heavy atom. The quantitative estimate of drug-likeness (QED) is 0.616. The van der Waals surface area contributed by atoms with Crippen molar-refractivity contribution in [1.82, 2.24) is 0 Å². The van der Waals surface area contributed by atoms with Crippen molar-refractivity contribution in [2.24, 2.45) is 0 Å². The van der Waals surface area contributed by atoms with Crippen LogP contribution in [0.3, 0.4) is 0 Å². The molecule has 0 radical (unpaired) electrons. The molecule has 0 fully saturated rings. The van der Waals surface area contributed by atoms with Crippen molar-refractivity contribution >= 4 is 0 Å². The predicted molar refractivity (Wildman–Crippen MR) is 70.4 cm³/mol. The molecule has 0 amide bonds. The minimum absolute atomic E-state index is 1.16. The van der Waals surface area contributed by atoms with Crippen LogP contribution in [0.25, 0.3) is 0 Å². The average Bonchev–Trinajstić information content (AvgIpc) is 2.26. The van der Waals surface area contributed by atoms with Gasteiger partial charge >= 0.3 is 114 Å². The maximum atomic E-state index is 4.79. The van der Waals surface area contributed by atoms with Crippen molar-refractivity contribution in [2.45, 2.75) is 64.2 Å². The number of hydrogen-bond donors (Lipinski definition) is 0. The summed E-state index contributed by atoms with van der Waals surface area (Å²) in [5.41, 5.74) is 3.00. The van der Waals surface area contributed by atoms with E-state index in [0.717, 1.165) is 6.42 Å². The Bertz CT molecular complexity index is 333. The fourth-order valence-corrected chi connectivity index (χ4v) is 3.11. The van der Waals surface area contributed by atoms with E-state index in [2.05, 4.69) is 18.2 Å². The molecule has 0 nitrogen and oxygen atoms in total. The van der Waals surface area contributed by atoms with Crippen LogP contribution in [0, 0.1) is 0 Å². The molecular weight excluding hydrogens is 251 g/mol. The molecule has 0 aliphatic heterocycles. The van der Waals surface area contributed by atoms with Crippen molar-refractivity contribution in [3.8, 4) is 0 Å². The second kappa shape index (κ2) is 7.23. The van der Waals surface area contributed by atoms with Gasteiger partial charge in [-0.2, -0.15) is 0 Å². The predicted octanol–water partition coefficient (Wildman–Crippen LogP) is 5.20. The van der Waals surface area contributed by atoms with E-state index in [0.29, 0.717) is 0 Å². The second-order valence-electron chi connectivity index (χ2n) is 5.12. The molecule has 0 saturated heterocycles. The SMILES string of the molecule is [Co][C]1=C(C2=CCCCCCC2)C=CCCCC1. The van der Waals surface area contributed by atoms with E-state index in [9.17, 15) is 0 Å². The topological polar surface area (TPSA) is 0 Å². The van der Waals surface area contributed by atoms with Crippen molar-refractivity contribution in [1.29, 1.82) is 0 Å². The molecule has 0 aromatic heterocycles. The molecule has 0 spiro atoms. The van der Waals surface area contributed by atoms with Crippen LogP contribution in [-0.2, 0) is 15.7 Å². The molecule has 1 heteroatoms. The van der Waals surface area contributed by atoms with Crippen molar-refractivity contribution in [2.75, 3.05) is 0 Å². The van der Waals surface area contributed by atoms with Gasteiger partial charge in [0.25, 0.3) is 0 Å². The number of rotatable bonds is 1. The van der Waals surface area contributed by atoms with Gasteiger partial charge in [-0.05, 0) is 0 Å². The molecule has 17 heavy (non-hydrogen) atoms. The van der Waals surface area contributed by atoms with Gasteiger partial charge in [-0.3, -0.25) is 0 Å². The molecule has 0 aromatic carbocycles. The van der Waals surface area contributed by atoms with Gasteiger partial charge in [0.05, 0.1) is 0 Å². The summed E-state index contributed by atoms with van der Waals surface area (Å²) < 4.78 is 1.31. The van der Waals surface area contributed by atoms with Gasteiger partial charge in [-0.25, -0.2) is 0 Å². The first-order valence-corrected chi connectivity index (χ1v) is 7.62. The Morgan fingerprint density at radius 2 is 1.59 bits per heavy atom. The second-order valence-corrected chi connectivity index (χ2v) is 5.75. The molecule has 0 aromatic rings. The Kier molecular flexibility index (Phi) is 5.60. The normalized spacial score (nSPS) is 23.5. The van der Waals surface area contributed by atoms with Crippen LogP contribution in [0.15, 0.2) is 33.9 Å². The molecule has 2 aliphatic carbocycles. The molecular formula is C16H23Co. The summed E-state index contributed by atoms with van der Waals surface area (Å²) in [5.74, 6) is 0. The van der Waals surface area contributed by atoms with Crippen LogP contribution in [0.4, 0.5) is 0 Å². The van der Waals surface area contributed by atoms with Gasteiger partial charge in [0.2, 0.25) is 0 Å². The van der Waals surface area contributed by atoms with Gasteiger partial charge < -0.3 is 0 Å². The molecule has 0 N–H and O–H groups in total. The van der Waals surface area contributed by atoms with Crippen LogP contribution >= 0.6 is 0 Å². The van der Waals surface area contributed by atoms with E-state index < -0.39 is 0 Å². The van der Waals surface area contributed by atoms with E-state index in [-0.39, 0.29) is 0 Å². The monoisotopic (exact) mass is 274 g/mol. The van der Waals surface area contributed by atoms with Crippen LogP contribution in [0.2, 0.25) is 0 Å². The van der Waals surface area contributed by atoms with Crippen LogP contribution < -0.4 is 0 Å². The Hall–Kier alpha value is -0.274. The minimum atomic E-state index is 1.16. The first-order chi connectivity index (χ1) is 8.38. The molecule has 0 bridgehead atoms. The fourth-order valence-electron chi connectivity index (χ4n) is 2.67. The summed E-state index contributed by atoms with van der Waals surface area (Å²) in [4.78, 5) is 0. The Balaban J connectivity index is 2.18. The van der Waals surface area contributed by atoms with E-state index in [4.69, 9.17) is 15.7 Å². The van der Waals surface area contributed by atoms with Crippen LogP contribution in [0.5, 0.6) is 0 Å². The average molecular weight is 274 g/mol. The first-order valence-electron chi connectivity index (χ1n) is 7.10. The fraction of sp³-hybridized carbons (Fsp3) is 0.625. The van der Waals surface area contributed by atoms with Crippen LogP contribution in [-0.4, -0.2) is 0 Å². The maximum absolute atomic E-state index is 4.79. The molecule has 2 rings (SSSR count). The summed E-state index contributed by atoms with van der Waals surface area (Å²) in [6.45, 7) is 0. The van der Waals surface area contributed by atoms with Crippen molar-refractivity contribution in [3.63, 3.8) is 0 Å². The molecule has 96 valence electrons. The Labute approximate surface area is 114 Å². The molecule has 0 unspecified atom stereocenters. The Morgan fingerprint density at radius 1 is 0.824 bits per heavy atom. The number of hydrogen-bond acceptors (Lipinski definition) is 0. The van der Waals surface area contributed by atoms with Crippen molar-refractivity contribution in [3.05, 3.63) is 33.9 Å². The van der Waals surface area contributed by atoms with Crippen molar-refractivity contribution < 1.29 is 15.7 Å². The molecule has 0 atom stereocenters. The van der Waals surface area contributed by atoms with Gasteiger partial charge in [0.15, 0.2) is 0 Å². The van der Waals surface area contributed by atoms with Gasteiger partial charge in [-0.15, -0.1) is 0 Å². The third-order valence-electron chi connectivity index (χ3n) is 3.71. The van der Waals surface area contributed by atoms with E-state index in [1.165, 1.54) is 67.9 Å². The van der Waals surface area contributed by atoms with Gasteiger partial charge in [0.1, 0.15) is 0 Å². The molecule has 2 aliphatic rings. The summed E-state index contributed by atoms with van der Waals surface area (Å²) in [6, 6.07) is 0. The zero-order valence-electron chi connectivity index (χ0n) is 10.6.